The molecule has 0 radical (unpaired) electrons. The number of aromatic nitrogens is 1. The number of nitrogens with one attached hydrogen (secondary N) is 1. The molecule has 162 valence electrons. The molecule has 1 atom stereocenters. The normalized spacial score (nSPS) is 18.3. The van der Waals surface area contributed by atoms with Gasteiger partial charge in [-0.3, -0.25) is 0 Å². The first-order valence-corrected chi connectivity index (χ1v) is 11.4. The SMILES string of the molecule is COc1ccc(OC)c2nc(N3CCCC3)c(CN[C@H]3CCCc4ccccc43)cc12. The topological polar surface area (TPSA) is 46.6 Å². The van der Waals surface area contributed by atoms with Crippen molar-refractivity contribution in [2.45, 2.75) is 44.7 Å². The highest BCUT2D eigenvalue weighted by atomic mass is 16.5. The maximum Gasteiger partial charge on any atom is 0.145 e. The fraction of sp³-hybridized carbons (Fsp3) is 0.423. The molecule has 1 aliphatic carbocycles. The quantitative estimate of drug-likeness (QED) is 0.610. The van der Waals surface area contributed by atoms with Crippen molar-refractivity contribution < 1.29 is 9.47 Å². The van der Waals surface area contributed by atoms with E-state index >= 15 is 0 Å². The van der Waals surface area contributed by atoms with Crippen LogP contribution in [0.4, 0.5) is 5.82 Å². The summed E-state index contributed by atoms with van der Waals surface area (Å²) in [5, 5.41) is 4.86. The summed E-state index contributed by atoms with van der Waals surface area (Å²) < 4.78 is 11.3. The van der Waals surface area contributed by atoms with Crippen LogP contribution < -0.4 is 19.7 Å². The van der Waals surface area contributed by atoms with Crippen molar-refractivity contribution in [3.63, 3.8) is 0 Å². The molecule has 2 aromatic carbocycles. The average Bonchev–Trinajstić information content (AvgIpc) is 3.36. The Morgan fingerprint density at radius 2 is 1.77 bits per heavy atom. The summed E-state index contributed by atoms with van der Waals surface area (Å²) in [4.78, 5) is 7.55. The predicted molar refractivity (Wildman–Crippen MR) is 125 cm³/mol. The second-order valence-corrected chi connectivity index (χ2v) is 8.56. The highest BCUT2D eigenvalue weighted by Crippen LogP contribution is 2.37. The van der Waals surface area contributed by atoms with Crippen molar-refractivity contribution in [1.82, 2.24) is 10.3 Å². The minimum absolute atomic E-state index is 0.388. The number of hydrogen-bond donors (Lipinski definition) is 1. The molecule has 3 aromatic rings. The fourth-order valence-corrected chi connectivity index (χ4v) is 5.12. The molecule has 2 heterocycles. The first-order valence-electron chi connectivity index (χ1n) is 11.4. The number of hydrogen-bond acceptors (Lipinski definition) is 5. The van der Waals surface area contributed by atoms with Gasteiger partial charge in [0.1, 0.15) is 22.8 Å². The summed E-state index contributed by atoms with van der Waals surface area (Å²) in [6.07, 6.45) is 6.03. The van der Waals surface area contributed by atoms with Crippen LogP contribution in [0.5, 0.6) is 11.5 Å². The van der Waals surface area contributed by atoms with Crippen LogP contribution in [0.3, 0.4) is 0 Å². The van der Waals surface area contributed by atoms with Gasteiger partial charge in [0, 0.05) is 36.6 Å². The van der Waals surface area contributed by atoms with Gasteiger partial charge in [-0.1, -0.05) is 24.3 Å². The van der Waals surface area contributed by atoms with E-state index < -0.39 is 0 Å². The van der Waals surface area contributed by atoms with Gasteiger partial charge in [0.2, 0.25) is 0 Å². The van der Waals surface area contributed by atoms with Gasteiger partial charge in [-0.2, -0.15) is 0 Å². The molecule has 5 nitrogen and oxygen atoms in total. The molecule has 1 fully saturated rings. The van der Waals surface area contributed by atoms with Crippen molar-refractivity contribution >= 4 is 16.7 Å². The second kappa shape index (κ2) is 8.75. The van der Waals surface area contributed by atoms with Gasteiger partial charge >= 0.3 is 0 Å². The molecule has 0 unspecified atom stereocenters. The van der Waals surface area contributed by atoms with Crippen LogP contribution >= 0.6 is 0 Å². The summed E-state index contributed by atoms with van der Waals surface area (Å²) in [7, 11) is 3.42. The number of benzene rings is 2. The summed E-state index contributed by atoms with van der Waals surface area (Å²) in [5.41, 5.74) is 5.03. The van der Waals surface area contributed by atoms with Gasteiger partial charge in [0.05, 0.1) is 14.2 Å². The van der Waals surface area contributed by atoms with Gasteiger partial charge in [0.25, 0.3) is 0 Å². The fourth-order valence-electron chi connectivity index (χ4n) is 5.12. The molecule has 0 amide bonds. The third kappa shape index (κ3) is 3.83. The number of nitrogens with zero attached hydrogens (tertiary/aromatic N) is 2. The van der Waals surface area contributed by atoms with E-state index in [2.05, 4.69) is 40.5 Å². The molecule has 2 aliphatic rings. The van der Waals surface area contributed by atoms with Crippen molar-refractivity contribution in [2.75, 3.05) is 32.2 Å². The highest BCUT2D eigenvalue weighted by Gasteiger charge is 2.23. The third-order valence-electron chi connectivity index (χ3n) is 6.72. The van der Waals surface area contributed by atoms with Crippen molar-refractivity contribution in [3.05, 3.63) is 59.2 Å². The number of pyridine rings is 1. The number of ether oxygens (including phenoxy) is 2. The zero-order chi connectivity index (χ0) is 21.2. The summed E-state index contributed by atoms with van der Waals surface area (Å²) in [5.74, 6) is 2.70. The van der Waals surface area contributed by atoms with Gasteiger partial charge in [0.15, 0.2) is 0 Å². The Bertz CT molecular complexity index is 1080. The maximum atomic E-state index is 5.66. The third-order valence-corrected chi connectivity index (χ3v) is 6.72. The maximum absolute atomic E-state index is 5.66. The molecule has 1 saturated heterocycles. The smallest absolute Gasteiger partial charge is 0.145 e. The largest absolute Gasteiger partial charge is 0.496 e. The predicted octanol–water partition coefficient (Wildman–Crippen LogP) is 5.02. The molecular weight excluding hydrogens is 386 g/mol. The number of methoxy groups -OCH3 is 2. The van der Waals surface area contributed by atoms with E-state index in [9.17, 15) is 0 Å². The van der Waals surface area contributed by atoms with Gasteiger partial charge < -0.3 is 19.7 Å². The van der Waals surface area contributed by atoms with Crippen molar-refractivity contribution in [2.24, 2.45) is 0 Å². The van der Waals surface area contributed by atoms with Crippen LogP contribution in [0.15, 0.2) is 42.5 Å². The minimum Gasteiger partial charge on any atom is -0.496 e. The van der Waals surface area contributed by atoms with E-state index in [1.54, 1.807) is 14.2 Å². The van der Waals surface area contributed by atoms with E-state index in [0.717, 1.165) is 47.9 Å². The van der Waals surface area contributed by atoms with Gasteiger partial charge in [-0.05, 0) is 61.4 Å². The number of rotatable bonds is 6. The van der Waals surface area contributed by atoms with E-state index in [4.69, 9.17) is 14.5 Å². The molecule has 0 bridgehead atoms. The molecule has 1 aromatic heterocycles. The Balaban J connectivity index is 1.53. The number of aryl methyl sites for hydroxylation is 1. The summed E-state index contributed by atoms with van der Waals surface area (Å²) in [6.45, 7) is 2.91. The van der Waals surface area contributed by atoms with E-state index in [-0.39, 0.29) is 0 Å². The Hall–Kier alpha value is -2.79. The molecule has 5 heteroatoms. The Morgan fingerprint density at radius 1 is 1.00 bits per heavy atom. The number of anilines is 1. The molecular formula is C26H31N3O2. The lowest BCUT2D eigenvalue weighted by atomic mass is 9.87. The first-order chi connectivity index (χ1) is 15.3. The van der Waals surface area contributed by atoms with E-state index in [0.29, 0.717) is 6.04 Å². The average molecular weight is 418 g/mol. The molecule has 31 heavy (non-hydrogen) atoms. The minimum atomic E-state index is 0.388. The lowest BCUT2D eigenvalue weighted by molar-refractivity contribution is 0.409. The first kappa shape index (κ1) is 20.1. The lowest BCUT2D eigenvalue weighted by Crippen LogP contribution is -2.27. The van der Waals surface area contributed by atoms with E-state index in [1.165, 1.54) is 48.8 Å². The molecule has 5 rings (SSSR count). The standard InChI is InChI=1S/C26H31N3O2/c1-30-23-12-13-24(31-2)25-21(23)16-19(26(28-25)29-14-5-6-15-29)17-27-22-11-7-9-18-8-3-4-10-20(18)22/h3-4,8,10,12-13,16,22,27H,5-7,9,11,14-15,17H2,1-2H3/t22-/m0/s1. The molecule has 1 aliphatic heterocycles. The van der Waals surface area contributed by atoms with Gasteiger partial charge in [-0.15, -0.1) is 0 Å². The van der Waals surface area contributed by atoms with Crippen LogP contribution in [-0.2, 0) is 13.0 Å². The molecule has 1 N–H and O–H groups in total. The van der Waals surface area contributed by atoms with Crippen LogP contribution in [0.2, 0.25) is 0 Å². The van der Waals surface area contributed by atoms with Crippen molar-refractivity contribution in [1.29, 1.82) is 0 Å². The summed E-state index contributed by atoms with van der Waals surface area (Å²) in [6, 6.07) is 15.4. The summed E-state index contributed by atoms with van der Waals surface area (Å²) >= 11 is 0. The zero-order valence-corrected chi connectivity index (χ0v) is 18.5. The number of fused-ring (bicyclic) bond motifs is 2. The second-order valence-electron chi connectivity index (χ2n) is 8.56. The van der Waals surface area contributed by atoms with Crippen molar-refractivity contribution in [3.8, 4) is 11.5 Å². The van der Waals surface area contributed by atoms with E-state index in [1.807, 2.05) is 12.1 Å². The van der Waals surface area contributed by atoms with Gasteiger partial charge in [-0.25, -0.2) is 4.98 Å². The monoisotopic (exact) mass is 417 g/mol. The Morgan fingerprint density at radius 3 is 2.58 bits per heavy atom. The Kier molecular flexibility index (Phi) is 5.68. The highest BCUT2D eigenvalue weighted by molar-refractivity contribution is 5.92. The Labute approximate surface area is 184 Å². The van der Waals surface area contributed by atoms with Crippen LogP contribution in [0.25, 0.3) is 10.9 Å². The van der Waals surface area contributed by atoms with Crippen LogP contribution in [0, 0.1) is 0 Å². The molecule has 0 saturated carbocycles. The van der Waals surface area contributed by atoms with Crippen LogP contribution in [-0.4, -0.2) is 32.3 Å². The zero-order valence-electron chi connectivity index (χ0n) is 18.5. The molecule has 0 spiro atoms. The van der Waals surface area contributed by atoms with Crippen LogP contribution in [0.1, 0.15) is 48.4 Å². The lowest BCUT2D eigenvalue weighted by Gasteiger charge is -2.28.